The Morgan fingerprint density at radius 3 is 2.95 bits per heavy atom. The van der Waals surface area contributed by atoms with Crippen LogP contribution in [0.4, 0.5) is 4.39 Å². The first-order chi connectivity index (χ1) is 9.15. The molecule has 1 aromatic heterocycles. The lowest BCUT2D eigenvalue weighted by molar-refractivity contribution is 0.511. The fourth-order valence-electron chi connectivity index (χ4n) is 2.36. The molecule has 0 bridgehead atoms. The van der Waals surface area contributed by atoms with E-state index < -0.39 is 0 Å². The maximum Gasteiger partial charge on any atom is 0.346 e. The highest BCUT2D eigenvalue weighted by Crippen LogP contribution is 2.19. The summed E-state index contributed by atoms with van der Waals surface area (Å²) in [4.78, 5) is 12.2. The average molecular weight is 326 g/mol. The van der Waals surface area contributed by atoms with Crippen LogP contribution in [0.2, 0.25) is 0 Å². The molecule has 6 heteroatoms. The minimum atomic E-state index is -0.299. The number of aromatic nitrogens is 3. The van der Waals surface area contributed by atoms with Crippen molar-refractivity contribution in [1.82, 2.24) is 14.3 Å². The van der Waals surface area contributed by atoms with Crippen LogP contribution in [-0.4, -0.2) is 14.3 Å². The summed E-state index contributed by atoms with van der Waals surface area (Å²) in [5, 5.41) is 4.36. The first-order valence-corrected chi connectivity index (χ1v) is 7.05. The zero-order chi connectivity index (χ0) is 13.4. The van der Waals surface area contributed by atoms with Crippen LogP contribution in [-0.2, 0) is 19.5 Å². The fraction of sp³-hybridized carbons (Fsp3) is 0.385. The third-order valence-electron chi connectivity index (χ3n) is 3.37. The second-order valence-corrected chi connectivity index (χ2v) is 5.56. The third-order valence-corrected chi connectivity index (χ3v) is 4.10. The van der Waals surface area contributed by atoms with Gasteiger partial charge >= 0.3 is 5.69 Å². The summed E-state index contributed by atoms with van der Waals surface area (Å²) in [5.74, 6) is 0.557. The average Bonchev–Trinajstić information content (AvgIpc) is 2.70. The lowest BCUT2D eigenvalue weighted by Crippen LogP contribution is -2.27. The first kappa shape index (κ1) is 12.6. The highest BCUT2D eigenvalue weighted by Gasteiger charge is 2.17. The standard InChI is InChI=1S/C13H13BrFN3O/c14-11-7-10(15)5-4-9(11)8-18-13(19)17-6-2-1-3-12(17)16-18/h4-5,7H,1-3,6,8H2. The van der Waals surface area contributed by atoms with E-state index in [0.717, 1.165) is 37.2 Å². The fourth-order valence-corrected chi connectivity index (χ4v) is 2.84. The minimum Gasteiger partial charge on any atom is -0.279 e. The number of hydrogen-bond acceptors (Lipinski definition) is 2. The number of rotatable bonds is 2. The Labute approximate surface area is 118 Å². The lowest BCUT2D eigenvalue weighted by atomic mass is 10.2. The maximum absolute atomic E-state index is 13.0. The van der Waals surface area contributed by atoms with Crippen molar-refractivity contribution in [3.05, 3.63) is 50.4 Å². The van der Waals surface area contributed by atoms with Gasteiger partial charge in [0.1, 0.15) is 11.6 Å². The van der Waals surface area contributed by atoms with Crippen molar-refractivity contribution in [3.63, 3.8) is 0 Å². The molecule has 0 saturated carbocycles. The van der Waals surface area contributed by atoms with E-state index in [-0.39, 0.29) is 11.5 Å². The summed E-state index contributed by atoms with van der Waals surface area (Å²) in [6.07, 6.45) is 2.96. The van der Waals surface area contributed by atoms with Crippen LogP contribution in [0.15, 0.2) is 27.5 Å². The zero-order valence-corrected chi connectivity index (χ0v) is 11.9. The van der Waals surface area contributed by atoms with Crippen molar-refractivity contribution in [1.29, 1.82) is 0 Å². The molecule has 0 saturated heterocycles. The highest BCUT2D eigenvalue weighted by atomic mass is 79.9. The summed E-state index contributed by atoms with van der Waals surface area (Å²) in [5.41, 5.74) is 0.768. The largest absolute Gasteiger partial charge is 0.346 e. The van der Waals surface area contributed by atoms with Crippen LogP contribution >= 0.6 is 15.9 Å². The van der Waals surface area contributed by atoms with Crippen molar-refractivity contribution in [2.24, 2.45) is 0 Å². The molecule has 0 fully saturated rings. The molecule has 2 heterocycles. The Bertz CT molecular complexity index is 677. The zero-order valence-electron chi connectivity index (χ0n) is 10.3. The van der Waals surface area contributed by atoms with E-state index in [1.54, 1.807) is 10.6 Å². The molecule has 2 aromatic rings. The molecular weight excluding hydrogens is 313 g/mol. The van der Waals surface area contributed by atoms with Crippen LogP contribution in [0.1, 0.15) is 24.2 Å². The van der Waals surface area contributed by atoms with Crippen molar-refractivity contribution in [2.75, 3.05) is 0 Å². The van der Waals surface area contributed by atoms with Crippen LogP contribution in [0.3, 0.4) is 0 Å². The van der Waals surface area contributed by atoms with E-state index in [9.17, 15) is 9.18 Å². The van der Waals surface area contributed by atoms with Gasteiger partial charge in [-0.1, -0.05) is 22.0 Å². The van der Waals surface area contributed by atoms with E-state index >= 15 is 0 Å². The Morgan fingerprint density at radius 2 is 2.21 bits per heavy atom. The van der Waals surface area contributed by atoms with E-state index in [4.69, 9.17) is 0 Å². The van der Waals surface area contributed by atoms with E-state index in [1.807, 2.05) is 0 Å². The molecule has 19 heavy (non-hydrogen) atoms. The molecule has 100 valence electrons. The summed E-state index contributed by atoms with van der Waals surface area (Å²) >= 11 is 3.31. The second kappa shape index (κ2) is 4.92. The van der Waals surface area contributed by atoms with Crippen molar-refractivity contribution in [3.8, 4) is 0 Å². The highest BCUT2D eigenvalue weighted by molar-refractivity contribution is 9.10. The quantitative estimate of drug-likeness (QED) is 0.850. The summed E-state index contributed by atoms with van der Waals surface area (Å²) in [6, 6.07) is 4.46. The van der Waals surface area contributed by atoms with Gasteiger partial charge in [-0.05, 0) is 30.5 Å². The van der Waals surface area contributed by atoms with Crippen LogP contribution < -0.4 is 5.69 Å². The van der Waals surface area contributed by atoms with Gasteiger partial charge in [0.25, 0.3) is 0 Å². The molecule has 1 aliphatic rings. The molecule has 0 N–H and O–H groups in total. The van der Waals surface area contributed by atoms with E-state index in [2.05, 4.69) is 21.0 Å². The molecule has 0 unspecified atom stereocenters. The smallest absolute Gasteiger partial charge is 0.279 e. The maximum atomic E-state index is 13.0. The van der Waals surface area contributed by atoms with Crippen molar-refractivity contribution in [2.45, 2.75) is 32.4 Å². The topological polar surface area (TPSA) is 39.8 Å². The van der Waals surface area contributed by atoms with Gasteiger partial charge < -0.3 is 0 Å². The Balaban J connectivity index is 1.95. The monoisotopic (exact) mass is 325 g/mol. The van der Waals surface area contributed by atoms with Crippen molar-refractivity contribution < 1.29 is 4.39 Å². The number of hydrogen-bond donors (Lipinski definition) is 0. The van der Waals surface area contributed by atoms with Gasteiger partial charge in [0.15, 0.2) is 0 Å². The van der Waals surface area contributed by atoms with Gasteiger partial charge in [0.2, 0.25) is 0 Å². The van der Waals surface area contributed by atoms with Gasteiger partial charge in [0, 0.05) is 17.4 Å². The molecule has 0 amide bonds. The number of nitrogens with zero attached hydrogens (tertiary/aromatic N) is 3. The molecule has 0 atom stereocenters. The van der Waals surface area contributed by atoms with Gasteiger partial charge in [-0.15, -0.1) is 0 Å². The molecule has 0 spiro atoms. The summed E-state index contributed by atoms with van der Waals surface area (Å²) < 4.78 is 16.9. The van der Waals surface area contributed by atoms with Gasteiger partial charge in [-0.25, -0.2) is 13.9 Å². The molecular formula is C13H13BrFN3O. The van der Waals surface area contributed by atoms with Crippen LogP contribution in [0.25, 0.3) is 0 Å². The first-order valence-electron chi connectivity index (χ1n) is 6.25. The number of benzene rings is 1. The molecule has 0 radical (unpaired) electrons. The van der Waals surface area contributed by atoms with E-state index in [0.29, 0.717) is 11.0 Å². The van der Waals surface area contributed by atoms with E-state index in [1.165, 1.54) is 16.8 Å². The number of aryl methyl sites for hydroxylation is 1. The predicted molar refractivity (Wildman–Crippen MR) is 72.6 cm³/mol. The Kier molecular flexibility index (Phi) is 3.26. The van der Waals surface area contributed by atoms with Gasteiger partial charge in [-0.2, -0.15) is 5.10 Å². The molecule has 4 nitrogen and oxygen atoms in total. The molecule has 3 rings (SSSR count). The summed E-state index contributed by atoms with van der Waals surface area (Å²) in [6.45, 7) is 1.11. The SMILES string of the molecule is O=c1n(Cc2ccc(F)cc2Br)nc2n1CCCC2. The molecule has 1 aromatic carbocycles. The minimum absolute atomic E-state index is 0.0778. The number of fused-ring (bicyclic) bond motifs is 1. The van der Waals surface area contributed by atoms with Gasteiger partial charge in [-0.3, -0.25) is 4.57 Å². The van der Waals surface area contributed by atoms with Crippen LogP contribution in [0, 0.1) is 5.82 Å². The predicted octanol–water partition coefficient (Wildman–Crippen LogP) is 2.33. The van der Waals surface area contributed by atoms with Crippen LogP contribution in [0.5, 0.6) is 0 Å². The summed E-state index contributed by atoms with van der Waals surface area (Å²) in [7, 11) is 0. The lowest BCUT2D eigenvalue weighted by Gasteiger charge is -2.09. The second-order valence-electron chi connectivity index (χ2n) is 4.70. The normalized spacial score (nSPS) is 14.4. The molecule has 0 aliphatic carbocycles. The Hall–Kier alpha value is -1.43. The van der Waals surface area contributed by atoms with Gasteiger partial charge in [0.05, 0.1) is 6.54 Å². The van der Waals surface area contributed by atoms with Crippen molar-refractivity contribution >= 4 is 15.9 Å². The Morgan fingerprint density at radius 1 is 1.37 bits per heavy atom. The third kappa shape index (κ3) is 2.36. The number of halogens is 2. The molecule has 1 aliphatic heterocycles.